The average Bonchev–Trinajstić information content (AvgIpc) is 2.78. The van der Waals surface area contributed by atoms with Crippen LogP contribution in [0.3, 0.4) is 0 Å². The van der Waals surface area contributed by atoms with Crippen LogP contribution < -0.4 is 5.09 Å². The molecule has 30 heavy (non-hydrogen) atoms. The molecule has 3 aliphatic rings. The van der Waals surface area contributed by atoms with Gasteiger partial charge in [0.15, 0.2) is 0 Å². The van der Waals surface area contributed by atoms with E-state index in [1.807, 2.05) is 44.3 Å². The van der Waals surface area contributed by atoms with Gasteiger partial charge in [-0.25, -0.2) is 9.65 Å². The summed E-state index contributed by atoms with van der Waals surface area (Å²) in [5, 5.41) is 4.41. The third-order valence-corrected chi connectivity index (χ3v) is 8.24. The van der Waals surface area contributed by atoms with Gasteiger partial charge in [0.25, 0.3) is 0 Å². The van der Waals surface area contributed by atoms with Gasteiger partial charge in [0.2, 0.25) is 0 Å². The Kier molecular flexibility index (Phi) is 6.71. The van der Waals surface area contributed by atoms with E-state index in [9.17, 15) is 4.57 Å². The first-order chi connectivity index (χ1) is 14.6. The SMILES string of the molecule is C=C[C@H]1CN2CC[C@H]1C[C@@H]2[C@H](NP(=O)(OCC)OCC)c1ccnc2ccccc12. The van der Waals surface area contributed by atoms with E-state index >= 15 is 0 Å². The summed E-state index contributed by atoms with van der Waals surface area (Å²) in [5.41, 5.74) is 2.03. The zero-order valence-electron chi connectivity index (χ0n) is 17.9. The molecule has 0 radical (unpaired) electrons. The molecule has 2 bridgehead atoms. The van der Waals surface area contributed by atoms with Gasteiger partial charge >= 0.3 is 7.75 Å². The molecule has 3 aliphatic heterocycles. The summed E-state index contributed by atoms with van der Waals surface area (Å²) in [7, 11) is -3.45. The Morgan fingerprint density at radius 2 is 2.07 bits per heavy atom. The number of hydrogen-bond acceptors (Lipinski definition) is 5. The van der Waals surface area contributed by atoms with Crippen molar-refractivity contribution in [3.8, 4) is 0 Å². The quantitative estimate of drug-likeness (QED) is 0.450. The van der Waals surface area contributed by atoms with Crippen LogP contribution in [-0.2, 0) is 13.6 Å². The van der Waals surface area contributed by atoms with E-state index in [0.717, 1.165) is 36.0 Å². The van der Waals surface area contributed by atoms with Crippen molar-refractivity contribution in [2.45, 2.75) is 38.8 Å². The van der Waals surface area contributed by atoms with E-state index in [-0.39, 0.29) is 12.1 Å². The van der Waals surface area contributed by atoms with Crippen LogP contribution in [-0.4, -0.2) is 42.2 Å². The second kappa shape index (κ2) is 9.29. The lowest BCUT2D eigenvalue weighted by atomic mass is 9.73. The van der Waals surface area contributed by atoms with Crippen LogP contribution in [0.15, 0.2) is 49.2 Å². The normalized spacial score (nSPS) is 27.3. The predicted octanol–water partition coefficient (Wildman–Crippen LogP) is 4.94. The Morgan fingerprint density at radius 3 is 2.73 bits per heavy atom. The molecule has 3 fully saturated rings. The van der Waals surface area contributed by atoms with Crippen molar-refractivity contribution < 1.29 is 13.6 Å². The van der Waals surface area contributed by atoms with Crippen LogP contribution >= 0.6 is 7.75 Å². The number of nitrogens with zero attached hydrogens (tertiary/aromatic N) is 2. The fourth-order valence-electron chi connectivity index (χ4n) is 5.10. The number of aromatic nitrogens is 1. The number of hydrogen-bond donors (Lipinski definition) is 1. The first-order valence-corrected chi connectivity index (χ1v) is 12.5. The first kappa shape index (κ1) is 21.7. The minimum atomic E-state index is -3.45. The maximum Gasteiger partial charge on any atom is 0.406 e. The molecule has 4 heterocycles. The third kappa shape index (κ3) is 4.25. The molecule has 162 valence electrons. The van der Waals surface area contributed by atoms with Crippen molar-refractivity contribution in [3.63, 3.8) is 0 Å². The van der Waals surface area contributed by atoms with Gasteiger partial charge in [0, 0.05) is 24.2 Å². The molecule has 3 saturated heterocycles. The van der Waals surface area contributed by atoms with Crippen molar-refractivity contribution >= 4 is 18.6 Å². The van der Waals surface area contributed by atoms with E-state index < -0.39 is 7.75 Å². The van der Waals surface area contributed by atoms with Gasteiger partial charge in [-0.05, 0) is 62.8 Å². The Balaban J connectivity index is 1.76. The summed E-state index contributed by atoms with van der Waals surface area (Å²) >= 11 is 0. The van der Waals surface area contributed by atoms with Crippen molar-refractivity contribution in [1.82, 2.24) is 15.0 Å². The maximum absolute atomic E-state index is 13.5. The highest BCUT2D eigenvalue weighted by molar-refractivity contribution is 7.51. The zero-order valence-corrected chi connectivity index (χ0v) is 18.8. The fraction of sp³-hybridized carbons (Fsp3) is 0.522. The monoisotopic (exact) mass is 429 g/mol. The topological polar surface area (TPSA) is 63.7 Å². The van der Waals surface area contributed by atoms with E-state index in [2.05, 4.69) is 33.7 Å². The Labute approximate surface area is 179 Å². The van der Waals surface area contributed by atoms with E-state index in [1.54, 1.807) is 0 Å². The molecule has 2 aromatic rings. The number of pyridine rings is 1. The summed E-state index contributed by atoms with van der Waals surface area (Å²) in [6.07, 6.45) is 6.15. The lowest BCUT2D eigenvalue weighted by Gasteiger charge is -2.52. The molecule has 0 amide bonds. The standard InChI is InChI=1S/C23H32N3O3P/c1-4-17-16-26-14-12-18(17)15-22(26)23(25-30(27,28-5-2)29-6-3)20-11-13-24-21-10-8-7-9-19(20)21/h4,7-11,13,17-18,22-23H,1,5-6,12,14-16H2,2-3H3,(H,25,27)/t17-,18-,22+,23+/m0/s1. The van der Waals surface area contributed by atoms with Crippen molar-refractivity contribution in [3.05, 3.63) is 54.7 Å². The molecule has 0 aliphatic carbocycles. The summed E-state index contributed by atoms with van der Waals surface area (Å²) in [5.74, 6) is 1.13. The summed E-state index contributed by atoms with van der Waals surface area (Å²) in [6.45, 7) is 10.4. The minimum Gasteiger partial charge on any atom is -0.298 e. The van der Waals surface area contributed by atoms with Crippen LogP contribution in [0.1, 0.15) is 38.3 Å². The first-order valence-electron chi connectivity index (χ1n) is 11.0. The lowest BCUT2D eigenvalue weighted by molar-refractivity contribution is 0.00315. The molecular weight excluding hydrogens is 397 g/mol. The van der Waals surface area contributed by atoms with E-state index in [0.29, 0.717) is 25.0 Å². The summed E-state index contributed by atoms with van der Waals surface area (Å²) in [4.78, 5) is 7.04. The van der Waals surface area contributed by atoms with Gasteiger partial charge in [-0.15, -0.1) is 6.58 Å². The van der Waals surface area contributed by atoms with Gasteiger partial charge in [0.05, 0.1) is 24.8 Å². The van der Waals surface area contributed by atoms with Crippen molar-refractivity contribution in [2.75, 3.05) is 26.3 Å². The van der Waals surface area contributed by atoms with Gasteiger partial charge in [-0.1, -0.05) is 24.3 Å². The fourth-order valence-corrected chi connectivity index (χ4v) is 6.65. The number of nitrogens with one attached hydrogen (secondary N) is 1. The van der Waals surface area contributed by atoms with Crippen LogP contribution in [0.4, 0.5) is 0 Å². The molecule has 5 rings (SSSR count). The second-order valence-corrected chi connectivity index (χ2v) is 9.87. The van der Waals surface area contributed by atoms with Gasteiger partial charge in [0.1, 0.15) is 0 Å². The van der Waals surface area contributed by atoms with Crippen LogP contribution in [0.25, 0.3) is 10.9 Å². The van der Waals surface area contributed by atoms with Crippen molar-refractivity contribution in [2.24, 2.45) is 11.8 Å². The largest absolute Gasteiger partial charge is 0.406 e. The molecule has 1 unspecified atom stereocenters. The van der Waals surface area contributed by atoms with E-state index in [1.165, 1.54) is 6.42 Å². The predicted molar refractivity (Wildman–Crippen MR) is 120 cm³/mol. The molecule has 1 aromatic carbocycles. The van der Waals surface area contributed by atoms with Crippen LogP contribution in [0.5, 0.6) is 0 Å². The number of para-hydroxylation sites is 1. The summed E-state index contributed by atoms with van der Waals surface area (Å²) in [6, 6.07) is 10.2. The molecule has 1 aromatic heterocycles. The maximum atomic E-state index is 13.5. The number of piperidine rings is 3. The second-order valence-electron chi connectivity index (χ2n) is 8.10. The number of rotatable bonds is 9. The number of fused-ring (bicyclic) bond motifs is 4. The Hall–Kier alpha value is -1.56. The molecule has 0 spiro atoms. The molecule has 6 nitrogen and oxygen atoms in total. The number of benzene rings is 1. The molecule has 0 saturated carbocycles. The molecular formula is C23H32N3O3P. The van der Waals surface area contributed by atoms with Crippen LogP contribution in [0, 0.1) is 11.8 Å². The molecule has 5 atom stereocenters. The minimum absolute atomic E-state index is 0.185. The molecule has 1 N–H and O–H groups in total. The molecule has 7 heteroatoms. The highest BCUT2D eigenvalue weighted by Gasteiger charge is 2.45. The highest BCUT2D eigenvalue weighted by atomic mass is 31.2. The van der Waals surface area contributed by atoms with E-state index in [4.69, 9.17) is 9.05 Å². The Morgan fingerprint density at radius 1 is 1.30 bits per heavy atom. The van der Waals surface area contributed by atoms with Gasteiger partial charge in [-0.2, -0.15) is 0 Å². The van der Waals surface area contributed by atoms with Crippen LogP contribution in [0.2, 0.25) is 0 Å². The summed E-state index contributed by atoms with van der Waals surface area (Å²) < 4.78 is 24.7. The van der Waals surface area contributed by atoms with Gasteiger partial charge in [-0.3, -0.25) is 18.9 Å². The third-order valence-electron chi connectivity index (χ3n) is 6.45. The average molecular weight is 430 g/mol. The van der Waals surface area contributed by atoms with Gasteiger partial charge < -0.3 is 0 Å². The zero-order chi connectivity index (χ0) is 21.1. The highest BCUT2D eigenvalue weighted by Crippen LogP contribution is 2.50. The van der Waals surface area contributed by atoms with Crippen molar-refractivity contribution in [1.29, 1.82) is 0 Å². The smallest absolute Gasteiger partial charge is 0.298 e. The lowest BCUT2D eigenvalue weighted by Crippen LogP contribution is -2.56. The Bertz CT molecular complexity index is 922.